The van der Waals surface area contributed by atoms with Gasteiger partial charge in [0.25, 0.3) is 0 Å². The van der Waals surface area contributed by atoms with E-state index < -0.39 is 57.0 Å². The highest BCUT2D eigenvalue weighted by Gasteiger charge is 2.87. The van der Waals surface area contributed by atoms with Crippen LogP contribution >= 0.6 is 0 Å². The molecular formula is C64H83NO9. The number of esters is 1. The Morgan fingerprint density at radius 2 is 1.70 bits per heavy atom. The van der Waals surface area contributed by atoms with Crippen LogP contribution in [0, 0.1) is 92.7 Å². The van der Waals surface area contributed by atoms with Crippen molar-refractivity contribution in [2.45, 2.75) is 183 Å². The number of likely N-dealkylation sites (N-methyl/N-ethyl adjacent to an activating group) is 1. The number of rotatable bonds is 9. The molecule has 6 N–H and O–H groups in total. The number of aldehydes is 1. The van der Waals surface area contributed by atoms with E-state index in [1.165, 1.54) is 31.2 Å². The Morgan fingerprint density at radius 1 is 0.878 bits per heavy atom. The fourth-order valence-corrected chi connectivity index (χ4v) is 22.1. The van der Waals surface area contributed by atoms with E-state index in [1.807, 2.05) is 25.2 Å². The second-order valence-corrected chi connectivity index (χ2v) is 26.8. The molecule has 2 aromatic rings. The number of nitrogens with one attached hydrogen (secondary N) is 1. The Morgan fingerprint density at radius 3 is 2.47 bits per heavy atom. The van der Waals surface area contributed by atoms with Gasteiger partial charge in [-0.05, 0) is 180 Å². The van der Waals surface area contributed by atoms with Crippen LogP contribution in [0.3, 0.4) is 0 Å². The first-order valence-electron chi connectivity index (χ1n) is 29.5. The van der Waals surface area contributed by atoms with E-state index in [0.717, 1.165) is 73.5 Å². The van der Waals surface area contributed by atoms with Crippen LogP contribution in [0.4, 0.5) is 0 Å². The number of ether oxygens (including phenoxy) is 2. The standard InChI is InChI=1S/C64H83NO9/c1-39(42-13-6-7-14-42)44-20-21-51-57-58(32-41(27-46(58)23-26-73-57)19-18-40-11-4-3-5-12-40)36-59(37-67)54-22-25-60-24-9-8-15-43-16-10-17-45(35-66)49(43)30-53(65-2)50-29-47(61(60,38-68)52-31-55(69)74-56(50)52)34-63(60,71)62(54,70)33-48(28-44)64(51,59)72/h3-5,10-12,16-17,31,37,39,41-42,44,46-48,50-51,53-54,56-57,65-66,68,70-72H,6-7,9,13-14,18-30,32-36,38H2,1-2H3. The maximum absolute atomic E-state index is 15.4. The lowest BCUT2D eigenvalue weighted by Gasteiger charge is -2.75. The summed E-state index contributed by atoms with van der Waals surface area (Å²) in [4.78, 5) is 29.3. The van der Waals surface area contributed by atoms with Crippen molar-refractivity contribution in [1.29, 1.82) is 0 Å². The molecule has 19 atom stereocenters. The van der Waals surface area contributed by atoms with Gasteiger partial charge in [-0.25, -0.2) is 4.79 Å². The minimum Gasteiger partial charge on any atom is -0.454 e. The maximum atomic E-state index is 15.4. The molecular weight excluding hydrogens is 927 g/mol. The first-order chi connectivity index (χ1) is 35.8. The fourth-order valence-electron chi connectivity index (χ4n) is 22.1. The summed E-state index contributed by atoms with van der Waals surface area (Å²) in [6.07, 6.45) is 17.5. The molecule has 8 saturated carbocycles. The van der Waals surface area contributed by atoms with Crippen LogP contribution < -0.4 is 5.32 Å². The van der Waals surface area contributed by atoms with Gasteiger partial charge in [-0.2, -0.15) is 0 Å². The number of aliphatic hydroxyl groups excluding tert-OH is 2. The molecule has 10 aliphatic carbocycles. The molecule has 1 saturated heterocycles. The van der Waals surface area contributed by atoms with Crippen LogP contribution in [-0.2, 0) is 38.5 Å². The number of carbonyl (C=O) groups is 2. The number of fused-ring (bicyclic) bond motifs is 7. The Balaban J connectivity index is 0.978. The number of aliphatic hydroxyl groups is 5. The minimum atomic E-state index is -1.83. The molecule has 0 aromatic heterocycles. The Hall–Kier alpha value is -3.40. The van der Waals surface area contributed by atoms with E-state index in [9.17, 15) is 30.3 Å². The summed E-state index contributed by atoms with van der Waals surface area (Å²) in [6, 6.07) is 16.4. The number of aryl methyl sites for hydroxylation is 1. The second-order valence-electron chi connectivity index (χ2n) is 26.8. The summed E-state index contributed by atoms with van der Waals surface area (Å²) in [6.45, 7) is 2.63. The third-order valence-electron chi connectivity index (χ3n) is 25.0. The lowest BCUT2D eigenvalue weighted by Crippen LogP contribution is -2.83. The molecule has 9 fully saturated rings. The summed E-state index contributed by atoms with van der Waals surface area (Å²) in [5, 5.41) is 71.2. The zero-order valence-electron chi connectivity index (χ0n) is 44.1. The van der Waals surface area contributed by atoms with Crippen LogP contribution in [0.25, 0.3) is 0 Å². The molecule has 10 heteroatoms. The van der Waals surface area contributed by atoms with E-state index in [0.29, 0.717) is 81.6 Å². The van der Waals surface area contributed by atoms with Crippen molar-refractivity contribution in [3.63, 3.8) is 0 Å². The summed E-state index contributed by atoms with van der Waals surface area (Å²) in [7, 11) is 1.93. The molecule has 4 bridgehead atoms. The average Bonchev–Trinajstić information content (AvgIpc) is 4.31. The predicted octanol–water partition coefficient (Wildman–Crippen LogP) is 8.20. The number of hydrogen-bond acceptors (Lipinski definition) is 10. The smallest absolute Gasteiger partial charge is 0.331 e. The SMILES string of the molecule is CNC1Cc2c(cccc2CO)C#CCCC23CCC4C(O)(CC5CC(C(C)C6CCCC6)CCC6C7OCCC8CC(CCc9ccccc9)CC87CC4(C=O)C56O)C2(O)CC2CC1C1OC(=O)C=C1C23CO. The highest BCUT2D eigenvalue weighted by atomic mass is 16.5. The molecule has 12 aliphatic rings. The number of benzene rings is 2. The molecule has 2 aliphatic heterocycles. The first kappa shape index (κ1) is 50.1. The van der Waals surface area contributed by atoms with Crippen molar-refractivity contribution in [2.24, 2.45) is 80.8 Å². The number of hydrogen-bond donors (Lipinski definition) is 6. The van der Waals surface area contributed by atoms with Gasteiger partial charge in [0, 0.05) is 64.7 Å². The van der Waals surface area contributed by atoms with Gasteiger partial charge in [-0.3, -0.25) is 0 Å². The summed E-state index contributed by atoms with van der Waals surface area (Å²) in [5.74, 6) is 6.50. The molecule has 10 nitrogen and oxygen atoms in total. The molecule has 19 unspecified atom stereocenters. The van der Waals surface area contributed by atoms with Gasteiger partial charge >= 0.3 is 5.97 Å². The molecule has 14 rings (SSSR count). The molecule has 2 spiro atoms. The molecule has 0 radical (unpaired) electrons. The Bertz CT molecular complexity index is 2620. The van der Waals surface area contributed by atoms with E-state index in [1.54, 1.807) is 6.08 Å². The van der Waals surface area contributed by atoms with E-state index in [2.05, 4.69) is 54.4 Å². The van der Waals surface area contributed by atoms with Crippen molar-refractivity contribution < 1.29 is 44.6 Å². The summed E-state index contributed by atoms with van der Waals surface area (Å²) in [5.41, 5.74) is -4.48. The highest BCUT2D eigenvalue weighted by molar-refractivity contribution is 5.87. The van der Waals surface area contributed by atoms with Gasteiger partial charge in [-0.15, -0.1) is 0 Å². The largest absolute Gasteiger partial charge is 0.454 e. The van der Waals surface area contributed by atoms with E-state index in [-0.39, 0.29) is 67.3 Å². The van der Waals surface area contributed by atoms with Crippen LogP contribution in [0.1, 0.15) is 151 Å². The van der Waals surface area contributed by atoms with Gasteiger partial charge in [0.05, 0.1) is 35.9 Å². The van der Waals surface area contributed by atoms with Gasteiger partial charge in [0.1, 0.15) is 18.0 Å². The zero-order valence-corrected chi connectivity index (χ0v) is 44.1. The van der Waals surface area contributed by atoms with Crippen molar-refractivity contribution in [3.05, 3.63) is 82.4 Å². The predicted molar refractivity (Wildman–Crippen MR) is 280 cm³/mol. The van der Waals surface area contributed by atoms with Crippen LogP contribution in [-0.4, -0.2) is 93.1 Å². The average molecular weight is 1010 g/mol. The van der Waals surface area contributed by atoms with Gasteiger partial charge in [0.15, 0.2) is 0 Å². The van der Waals surface area contributed by atoms with Crippen LogP contribution in [0.15, 0.2) is 60.2 Å². The van der Waals surface area contributed by atoms with E-state index >= 15 is 4.79 Å². The van der Waals surface area contributed by atoms with Gasteiger partial charge in [-0.1, -0.05) is 86.9 Å². The fraction of sp³-hybridized carbons (Fsp3) is 0.719. The first-order valence-corrected chi connectivity index (χ1v) is 29.5. The number of carbonyl (C=O) groups excluding carboxylic acids is 2. The molecule has 2 heterocycles. The topological polar surface area (TPSA) is 166 Å². The lowest BCUT2D eigenvalue weighted by molar-refractivity contribution is -0.366. The third-order valence-corrected chi connectivity index (χ3v) is 25.0. The van der Waals surface area contributed by atoms with Crippen molar-refractivity contribution in [1.82, 2.24) is 5.32 Å². The monoisotopic (exact) mass is 1010 g/mol. The molecule has 398 valence electrons. The van der Waals surface area contributed by atoms with Crippen LogP contribution in [0.2, 0.25) is 0 Å². The molecule has 0 amide bonds. The lowest BCUT2D eigenvalue weighted by atomic mass is 9.32. The van der Waals surface area contributed by atoms with Gasteiger partial charge < -0.3 is 45.1 Å². The quantitative estimate of drug-likeness (QED) is 0.0820. The Labute approximate surface area is 439 Å². The van der Waals surface area contributed by atoms with Crippen molar-refractivity contribution in [2.75, 3.05) is 20.3 Å². The third kappa shape index (κ3) is 6.56. The summed E-state index contributed by atoms with van der Waals surface area (Å²) >= 11 is 0. The maximum Gasteiger partial charge on any atom is 0.331 e. The van der Waals surface area contributed by atoms with E-state index in [4.69, 9.17) is 9.47 Å². The van der Waals surface area contributed by atoms with Crippen molar-refractivity contribution >= 4 is 12.3 Å². The minimum absolute atomic E-state index is 0.134. The van der Waals surface area contributed by atoms with Crippen molar-refractivity contribution in [3.8, 4) is 11.8 Å². The highest BCUT2D eigenvalue weighted by Crippen LogP contribution is 2.82. The zero-order chi connectivity index (χ0) is 51.0. The van der Waals surface area contributed by atoms with Crippen LogP contribution in [0.5, 0.6) is 0 Å². The second kappa shape index (κ2) is 18.1. The van der Waals surface area contributed by atoms with Gasteiger partial charge in [0.2, 0.25) is 0 Å². The normalized spacial score (nSPS) is 47.2. The molecule has 74 heavy (non-hydrogen) atoms. The Kier molecular flexibility index (Phi) is 12.2. The molecule has 2 aromatic carbocycles. The summed E-state index contributed by atoms with van der Waals surface area (Å²) < 4.78 is 13.6.